The quantitative estimate of drug-likeness (QED) is 0.155. The van der Waals surface area contributed by atoms with Gasteiger partial charge in [-0.25, -0.2) is 0 Å². The number of esters is 1. The molecule has 0 radical (unpaired) electrons. The number of rotatable bonds is 8. The maximum Gasteiger partial charge on any atom is 0.306 e. The van der Waals surface area contributed by atoms with Crippen LogP contribution in [0.4, 0.5) is 0 Å². The van der Waals surface area contributed by atoms with Gasteiger partial charge < -0.3 is 9.47 Å². The Morgan fingerprint density at radius 3 is 2.21 bits per heavy atom. The Balaban J connectivity index is 0.000000868. The summed E-state index contributed by atoms with van der Waals surface area (Å²) in [4.78, 5) is 12.3. The summed E-state index contributed by atoms with van der Waals surface area (Å²) >= 11 is 0. The van der Waals surface area contributed by atoms with Gasteiger partial charge in [-0.15, -0.1) is 6.58 Å². The van der Waals surface area contributed by atoms with Crippen LogP contribution in [-0.2, 0) is 20.7 Å². The van der Waals surface area contributed by atoms with Crippen LogP contribution in [0, 0.1) is 0 Å². The maximum atomic E-state index is 12.3. The van der Waals surface area contributed by atoms with Crippen molar-refractivity contribution in [2.24, 2.45) is 0 Å². The van der Waals surface area contributed by atoms with Crippen LogP contribution in [0.1, 0.15) is 45.1 Å². The molecule has 0 bridgehead atoms. The summed E-state index contributed by atoms with van der Waals surface area (Å²) < 4.78 is 11.3. The van der Waals surface area contributed by atoms with Crippen molar-refractivity contribution in [3.8, 4) is 0 Å². The van der Waals surface area contributed by atoms with Gasteiger partial charge in [-0.2, -0.15) is 0 Å². The summed E-state index contributed by atoms with van der Waals surface area (Å²) in [6, 6.07) is 19.9. The van der Waals surface area contributed by atoms with E-state index in [1.54, 1.807) is 6.08 Å². The zero-order valence-electron chi connectivity index (χ0n) is 20.3. The fraction of sp³-hybridized carbons (Fsp3) is 0.323. The summed E-state index contributed by atoms with van der Waals surface area (Å²) in [5.41, 5.74) is 1.27. The number of allylic oxidation sites excluding steroid dienone is 1. The highest BCUT2D eigenvalue weighted by Crippen LogP contribution is 2.35. The minimum atomic E-state index is -0.146. The number of carbonyl (C=O) groups is 1. The molecule has 0 N–H and O–H groups in total. The second kappa shape index (κ2) is 11.3. The van der Waals surface area contributed by atoms with Gasteiger partial charge in [0.2, 0.25) is 0 Å². The first kappa shape index (κ1) is 24.0. The van der Waals surface area contributed by atoms with Crippen LogP contribution in [-0.4, -0.2) is 24.8 Å². The maximum absolute atomic E-state index is 12.3. The minimum Gasteiger partial charge on any atom is -0.458 e. The monoisotopic (exact) mass is 454 g/mol. The molecule has 0 spiro atoms. The van der Waals surface area contributed by atoms with Crippen LogP contribution in [0.2, 0.25) is 0 Å². The van der Waals surface area contributed by atoms with E-state index in [-0.39, 0.29) is 18.2 Å². The fourth-order valence-corrected chi connectivity index (χ4v) is 4.74. The van der Waals surface area contributed by atoms with Crippen molar-refractivity contribution in [1.82, 2.24) is 0 Å². The highest BCUT2D eigenvalue weighted by atomic mass is 16.5. The molecule has 176 valence electrons. The summed E-state index contributed by atoms with van der Waals surface area (Å²) in [6.45, 7) is 8.09. The summed E-state index contributed by atoms with van der Waals surface area (Å²) in [6.07, 6.45) is 9.49. The van der Waals surface area contributed by atoms with E-state index in [1.165, 1.54) is 37.9 Å². The van der Waals surface area contributed by atoms with Crippen LogP contribution < -0.4 is 0 Å². The van der Waals surface area contributed by atoms with E-state index in [9.17, 15) is 4.79 Å². The molecule has 4 aromatic rings. The lowest BCUT2D eigenvalue weighted by atomic mass is 9.92. The number of aryl methyl sites for hydroxylation is 1. The highest BCUT2D eigenvalue weighted by Gasteiger charge is 2.22. The van der Waals surface area contributed by atoms with Crippen molar-refractivity contribution in [2.45, 2.75) is 58.2 Å². The topological polar surface area (TPSA) is 35.5 Å². The first-order valence-electron chi connectivity index (χ1n) is 12.4. The zero-order valence-corrected chi connectivity index (χ0v) is 20.3. The Morgan fingerprint density at radius 2 is 1.56 bits per heavy atom. The molecule has 0 heterocycles. The van der Waals surface area contributed by atoms with E-state index in [1.807, 2.05) is 19.1 Å². The summed E-state index contributed by atoms with van der Waals surface area (Å²) in [5, 5.41) is 7.80. The summed E-state index contributed by atoms with van der Waals surface area (Å²) in [7, 11) is 0. The molecule has 3 heteroatoms. The van der Waals surface area contributed by atoms with Crippen LogP contribution >= 0.6 is 0 Å². The molecule has 0 aromatic heterocycles. The Kier molecular flexibility index (Phi) is 7.97. The minimum absolute atomic E-state index is 0.0805. The van der Waals surface area contributed by atoms with Crippen molar-refractivity contribution in [3.05, 3.63) is 85.0 Å². The van der Waals surface area contributed by atoms with Crippen LogP contribution in [0.3, 0.4) is 0 Å². The lowest BCUT2D eigenvalue weighted by molar-refractivity contribution is -0.147. The van der Waals surface area contributed by atoms with Crippen molar-refractivity contribution >= 4 is 38.3 Å². The first-order chi connectivity index (χ1) is 16.6. The molecule has 0 fully saturated rings. The molecule has 5 rings (SSSR count). The molecule has 2 atom stereocenters. The number of benzene rings is 4. The lowest BCUT2D eigenvalue weighted by Crippen LogP contribution is -2.18. The Hall–Kier alpha value is -3.17. The second-order valence-corrected chi connectivity index (χ2v) is 8.95. The molecule has 2 unspecified atom stereocenters. The molecule has 34 heavy (non-hydrogen) atoms. The zero-order chi connectivity index (χ0) is 23.9. The molecule has 1 aliphatic rings. The third kappa shape index (κ3) is 5.48. The second-order valence-electron chi connectivity index (χ2n) is 8.95. The van der Waals surface area contributed by atoms with Crippen LogP contribution in [0.25, 0.3) is 32.3 Å². The SMILES string of the molecule is C=CC.CCCOC1C=CC(OC(=O)CCCc2cc3ccc4cccc5ccc(c2)c3c45)C1. The predicted molar refractivity (Wildman–Crippen MR) is 143 cm³/mol. The Labute approximate surface area is 202 Å². The molecule has 0 aliphatic heterocycles. The number of ether oxygens (including phenoxy) is 2. The standard InChI is InChI=1S/C28H28O3.C3H6/c1-2-15-30-24-13-14-25(18-24)31-26(29)8-3-5-19-16-22-11-9-20-6-4-7-21-10-12-23(17-19)28(22)27(20)21;1-3-2/h4,6-7,9-14,16-17,24-25H,2-3,5,8,15,18H2,1H3;3H,1H2,2H3. The van der Waals surface area contributed by atoms with Gasteiger partial charge in [-0.05, 0) is 70.1 Å². The molecule has 0 saturated heterocycles. The predicted octanol–water partition coefficient (Wildman–Crippen LogP) is 7.77. The molecule has 0 saturated carbocycles. The van der Waals surface area contributed by atoms with E-state index < -0.39 is 0 Å². The van der Waals surface area contributed by atoms with Crippen molar-refractivity contribution in [1.29, 1.82) is 0 Å². The van der Waals surface area contributed by atoms with E-state index >= 15 is 0 Å². The number of hydrogen-bond donors (Lipinski definition) is 0. The van der Waals surface area contributed by atoms with Crippen molar-refractivity contribution < 1.29 is 14.3 Å². The van der Waals surface area contributed by atoms with Gasteiger partial charge in [-0.3, -0.25) is 4.79 Å². The van der Waals surface area contributed by atoms with Gasteiger partial charge in [0.15, 0.2) is 0 Å². The average Bonchev–Trinajstić information content (AvgIpc) is 3.28. The fourth-order valence-electron chi connectivity index (χ4n) is 4.74. The normalized spacial score (nSPS) is 17.2. The van der Waals surface area contributed by atoms with Crippen molar-refractivity contribution in [3.63, 3.8) is 0 Å². The Morgan fingerprint density at radius 1 is 0.971 bits per heavy atom. The molecule has 1 aliphatic carbocycles. The van der Waals surface area contributed by atoms with Gasteiger partial charge >= 0.3 is 5.97 Å². The van der Waals surface area contributed by atoms with E-state index in [0.717, 1.165) is 32.3 Å². The molecule has 3 nitrogen and oxygen atoms in total. The van der Waals surface area contributed by atoms with Crippen LogP contribution in [0.15, 0.2) is 79.4 Å². The van der Waals surface area contributed by atoms with Gasteiger partial charge in [0.1, 0.15) is 6.10 Å². The third-order valence-corrected chi connectivity index (χ3v) is 6.19. The van der Waals surface area contributed by atoms with Gasteiger partial charge in [0.25, 0.3) is 0 Å². The number of carbonyl (C=O) groups excluding carboxylic acids is 1. The third-order valence-electron chi connectivity index (χ3n) is 6.19. The molecular weight excluding hydrogens is 420 g/mol. The van der Waals surface area contributed by atoms with Gasteiger partial charge in [0.05, 0.1) is 6.10 Å². The lowest BCUT2D eigenvalue weighted by Gasteiger charge is -2.14. The molecule has 0 amide bonds. The number of hydrogen-bond acceptors (Lipinski definition) is 3. The Bertz CT molecular complexity index is 1220. The van der Waals surface area contributed by atoms with Gasteiger partial charge in [0, 0.05) is 19.4 Å². The van der Waals surface area contributed by atoms with Crippen molar-refractivity contribution in [2.75, 3.05) is 6.61 Å². The van der Waals surface area contributed by atoms with E-state index in [0.29, 0.717) is 6.42 Å². The molecular formula is C31H34O3. The van der Waals surface area contributed by atoms with E-state index in [2.05, 4.69) is 68.1 Å². The smallest absolute Gasteiger partial charge is 0.306 e. The highest BCUT2D eigenvalue weighted by molar-refractivity contribution is 6.23. The molecule has 4 aromatic carbocycles. The first-order valence-corrected chi connectivity index (χ1v) is 12.4. The largest absolute Gasteiger partial charge is 0.458 e. The summed E-state index contributed by atoms with van der Waals surface area (Å²) in [5.74, 6) is -0.122. The van der Waals surface area contributed by atoms with E-state index in [4.69, 9.17) is 9.47 Å². The van der Waals surface area contributed by atoms with Crippen LogP contribution in [0.5, 0.6) is 0 Å². The average molecular weight is 455 g/mol. The van der Waals surface area contributed by atoms with Gasteiger partial charge in [-0.1, -0.05) is 73.7 Å².